The Morgan fingerprint density at radius 1 is 1.38 bits per heavy atom. The number of hydrogen-bond acceptors (Lipinski definition) is 3. The van der Waals surface area contributed by atoms with Crippen molar-refractivity contribution in [3.8, 4) is 5.75 Å². The second-order valence-corrected chi connectivity index (χ2v) is 3.13. The van der Waals surface area contributed by atoms with E-state index in [9.17, 15) is 13.9 Å². The SMILES string of the molecule is CCOCC(O)c1cccc(OC(F)F)c1. The second kappa shape index (κ2) is 6.40. The summed E-state index contributed by atoms with van der Waals surface area (Å²) in [7, 11) is 0. The van der Waals surface area contributed by atoms with E-state index in [2.05, 4.69) is 4.74 Å². The summed E-state index contributed by atoms with van der Waals surface area (Å²) in [6, 6.07) is 5.95. The summed E-state index contributed by atoms with van der Waals surface area (Å²) < 4.78 is 33.1. The van der Waals surface area contributed by atoms with Crippen molar-refractivity contribution in [1.82, 2.24) is 0 Å². The van der Waals surface area contributed by atoms with E-state index in [-0.39, 0.29) is 12.4 Å². The molecule has 1 atom stereocenters. The zero-order valence-electron chi connectivity index (χ0n) is 8.90. The number of halogens is 2. The molecular formula is C11H14F2O3. The number of hydrogen-bond donors (Lipinski definition) is 1. The minimum Gasteiger partial charge on any atom is -0.435 e. The molecule has 0 amide bonds. The van der Waals surface area contributed by atoms with Crippen LogP contribution in [0.2, 0.25) is 0 Å². The third-order valence-corrected chi connectivity index (χ3v) is 1.95. The highest BCUT2D eigenvalue weighted by Crippen LogP contribution is 2.20. The lowest BCUT2D eigenvalue weighted by atomic mass is 10.1. The lowest BCUT2D eigenvalue weighted by molar-refractivity contribution is -0.0500. The first kappa shape index (κ1) is 12.9. The molecule has 1 N–H and O–H groups in total. The molecule has 1 rings (SSSR count). The van der Waals surface area contributed by atoms with Crippen LogP contribution in [0.1, 0.15) is 18.6 Å². The van der Waals surface area contributed by atoms with Crippen LogP contribution in [0.3, 0.4) is 0 Å². The van der Waals surface area contributed by atoms with E-state index < -0.39 is 12.7 Å². The molecule has 0 saturated carbocycles. The van der Waals surface area contributed by atoms with Crippen LogP contribution in [-0.4, -0.2) is 24.9 Å². The molecular weight excluding hydrogens is 218 g/mol. The highest BCUT2D eigenvalue weighted by molar-refractivity contribution is 5.29. The van der Waals surface area contributed by atoms with Gasteiger partial charge in [0.05, 0.1) is 6.61 Å². The molecule has 0 aliphatic carbocycles. The molecule has 0 aliphatic heterocycles. The van der Waals surface area contributed by atoms with Crippen molar-refractivity contribution in [2.75, 3.05) is 13.2 Å². The molecule has 0 spiro atoms. The molecule has 90 valence electrons. The Hall–Kier alpha value is -1.20. The normalized spacial score (nSPS) is 12.8. The van der Waals surface area contributed by atoms with Crippen molar-refractivity contribution >= 4 is 0 Å². The Balaban J connectivity index is 2.65. The van der Waals surface area contributed by atoms with Gasteiger partial charge in [-0.15, -0.1) is 0 Å². The van der Waals surface area contributed by atoms with Gasteiger partial charge < -0.3 is 14.6 Å². The van der Waals surface area contributed by atoms with Gasteiger partial charge in [0.1, 0.15) is 11.9 Å². The van der Waals surface area contributed by atoms with E-state index >= 15 is 0 Å². The van der Waals surface area contributed by atoms with Gasteiger partial charge in [-0.05, 0) is 24.6 Å². The number of benzene rings is 1. The monoisotopic (exact) mass is 232 g/mol. The van der Waals surface area contributed by atoms with Crippen molar-refractivity contribution in [3.05, 3.63) is 29.8 Å². The van der Waals surface area contributed by atoms with Gasteiger partial charge in [-0.1, -0.05) is 12.1 Å². The predicted octanol–water partition coefficient (Wildman–Crippen LogP) is 2.36. The van der Waals surface area contributed by atoms with Crippen LogP contribution in [-0.2, 0) is 4.74 Å². The number of alkyl halides is 2. The quantitative estimate of drug-likeness (QED) is 0.818. The first-order valence-corrected chi connectivity index (χ1v) is 4.94. The van der Waals surface area contributed by atoms with Crippen LogP contribution in [0.15, 0.2) is 24.3 Å². The third-order valence-electron chi connectivity index (χ3n) is 1.95. The van der Waals surface area contributed by atoms with Crippen molar-refractivity contribution < 1.29 is 23.4 Å². The molecule has 5 heteroatoms. The maximum atomic E-state index is 11.9. The first-order valence-electron chi connectivity index (χ1n) is 4.94. The van der Waals surface area contributed by atoms with Crippen molar-refractivity contribution in [1.29, 1.82) is 0 Å². The average Bonchev–Trinajstić information content (AvgIpc) is 2.25. The molecule has 0 heterocycles. The second-order valence-electron chi connectivity index (χ2n) is 3.13. The van der Waals surface area contributed by atoms with Crippen LogP contribution >= 0.6 is 0 Å². The zero-order valence-corrected chi connectivity index (χ0v) is 8.90. The molecule has 1 aromatic carbocycles. The molecule has 0 aliphatic rings. The van der Waals surface area contributed by atoms with Gasteiger partial charge in [-0.3, -0.25) is 0 Å². The molecule has 1 unspecified atom stereocenters. The van der Waals surface area contributed by atoms with Crippen LogP contribution in [0, 0.1) is 0 Å². The number of aliphatic hydroxyl groups is 1. The standard InChI is InChI=1S/C11H14F2O3/c1-2-15-7-10(14)8-4-3-5-9(6-8)16-11(12)13/h3-6,10-11,14H,2,7H2,1H3. The molecule has 0 bridgehead atoms. The summed E-state index contributed by atoms with van der Waals surface area (Å²) in [6.07, 6.45) is -0.832. The average molecular weight is 232 g/mol. The molecule has 16 heavy (non-hydrogen) atoms. The van der Waals surface area contributed by atoms with E-state index in [4.69, 9.17) is 4.74 Å². The van der Waals surface area contributed by atoms with Crippen molar-refractivity contribution in [2.45, 2.75) is 19.6 Å². The van der Waals surface area contributed by atoms with Crippen LogP contribution in [0.4, 0.5) is 8.78 Å². The maximum Gasteiger partial charge on any atom is 0.387 e. The van der Waals surface area contributed by atoms with Gasteiger partial charge in [-0.25, -0.2) is 0 Å². The highest BCUT2D eigenvalue weighted by atomic mass is 19.3. The van der Waals surface area contributed by atoms with Crippen LogP contribution in [0.25, 0.3) is 0 Å². The molecule has 0 radical (unpaired) electrons. The van der Waals surface area contributed by atoms with Crippen molar-refractivity contribution in [3.63, 3.8) is 0 Å². The smallest absolute Gasteiger partial charge is 0.387 e. The molecule has 0 aromatic heterocycles. The summed E-state index contributed by atoms with van der Waals surface area (Å²) in [4.78, 5) is 0. The van der Waals surface area contributed by atoms with Gasteiger partial charge in [0.25, 0.3) is 0 Å². The largest absolute Gasteiger partial charge is 0.435 e. The van der Waals surface area contributed by atoms with Gasteiger partial charge >= 0.3 is 6.61 Å². The Bertz CT molecular complexity index is 318. The molecule has 3 nitrogen and oxygen atoms in total. The van der Waals surface area contributed by atoms with Crippen LogP contribution in [0.5, 0.6) is 5.75 Å². The van der Waals surface area contributed by atoms with Gasteiger partial charge in [-0.2, -0.15) is 8.78 Å². The molecule has 1 aromatic rings. The number of ether oxygens (including phenoxy) is 2. The van der Waals surface area contributed by atoms with Crippen LogP contribution < -0.4 is 4.74 Å². The van der Waals surface area contributed by atoms with Crippen molar-refractivity contribution in [2.24, 2.45) is 0 Å². The first-order chi connectivity index (χ1) is 7.63. The van der Waals surface area contributed by atoms with E-state index in [1.54, 1.807) is 12.1 Å². The molecule has 0 fully saturated rings. The fourth-order valence-electron chi connectivity index (χ4n) is 1.22. The number of aliphatic hydroxyl groups excluding tert-OH is 1. The van der Waals surface area contributed by atoms with Gasteiger partial charge in [0.15, 0.2) is 0 Å². The van der Waals surface area contributed by atoms with E-state index in [0.29, 0.717) is 12.2 Å². The van der Waals surface area contributed by atoms with E-state index in [1.165, 1.54) is 12.1 Å². The Kier molecular flexibility index (Phi) is 5.14. The fraction of sp³-hybridized carbons (Fsp3) is 0.455. The molecule has 0 saturated heterocycles. The van der Waals surface area contributed by atoms with Gasteiger partial charge in [0.2, 0.25) is 0 Å². The summed E-state index contributed by atoms with van der Waals surface area (Å²) in [5.41, 5.74) is 0.492. The summed E-state index contributed by atoms with van der Waals surface area (Å²) in [5.74, 6) is 0.0306. The number of rotatable bonds is 6. The predicted molar refractivity (Wildman–Crippen MR) is 54.5 cm³/mol. The van der Waals surface area contributed by atoms with E-state index in [1.807, 2.05) is 6.92 Å². The summed E-state index contributed by atoms with van der Waals surface area (Å²) >= 11 is 0. The summed E-state index contributed by atoms with van der Waals surface area (Å²) in [5, 5.41) is 9.64. The van der Waals surface area contributed by atoms with E-state index in [0.717, 1.165) is 0 Å². The lowest BCUT2D eigenvalue weighted by Gasteiger charge is -2.12. The maximum absolute atomic E-state index is 11.9. The lowest BCUT2D eigenvalue weighted by Crippen LogP contribution is -2.08. The Morgan fingerprint density at radius 2 is 2.12 bits per heavy atom. The van der Waals surface area contributed by atoms with Gasteiger partial charge in [0, 0.05) is 6.61 Å². The third kappa shape index (κ3) is 4.12. The highest BCUT2D eigenvalue weighted by Gasteiger charge is 2.10. The minimum atomic E-state index is -2.86. The Labute approximate surface area is 92.6 Å². The fourth-order valence-corrected chi connectivity index (χ4v) is 1.22. The zero-order chi connectivity index (χ0) is 12.0. The summed E-state index contributed by atoms with van der Waals surface area (Å²) in [6.45, 7) is -0.429. The minimum absolute atomic E-state index is 0.0306. The Morgan fingerprint density at radius 3 is 2.75 bits per heavy atom. The topological polar surface area (TPSA) is 38.7 Å².